The molecule has 1 unspecified atom stereocenters. The number of hydrogen-bond donors (Lipinski definition) is 1. The predicted molar refractivity (Wildman–Crippen MR) is 67.0 cm³/mol. The summed E-state index contributed by atoms with van der Waals surface area (Å²) < 4.78 is 0. The van der Waals surface area contributed by atoms with Gasteiger partial charge in [0.1, 0.15) is 0 Å². The van der Waals surface area contributed by atoms with Gasteiger partial charge in [-0.25, -0.2) is 0 Å². The molecule has 0 fully saturated rings. The minimum absolute atomic E-state index is 0.508. The Morgan fingerprint density at radius 2 is 2.07 bits per heavy atom. The molecule has 0 saturated heterocycles. The Labute approximate surface area is 101 Å². The first kappa shape index (κ1) is 11.1. The summed E-state index contributed by atoms with van der Waals surface area (Å²) in [6.45, 7) is 4.45. The fourth-order valence-corrected chi connectivity index (χ4v) is 2.42. The van der Waals surface area contributed by atoms with Gasteiger partial charge in [0.15, 0.2) is 0 Å². The van der Waals surface area contributed by atoms with Gasteiger partial charge in [-0.1, -0.05) is 43.1 Å². The molecule has 1 atom stereocenters. The second-order valence-corrected chi connectivity index (χ2v) is 5.21. The average molecular weight is 244 g/mol. The van der Waals surface area contributed by atoms with E-state index in [0.717, 1.165) is 12.1 Å². The summed E-state index contributed by atoms with van der Waals surface area (Å²) in [7, 11) is 0. The standard InChI is InChI=1S/C12H15Cl2N/c1-7(2)10-6-4-8-3-5-9(13)11(14)12(8)15-10/h3,5,7,10,15H,4,6H2,1-2H3. The molecule has 0 bridgehead atoms. The van der Waals surface area contributed by atoms with Gasteiger partial charge in [-0.05, 0) is 30.4 Å². The first-order valence-electron chi connectivity index (χ1n) is 5.33. The van der Waals surface area contributed by atoms with Gasteiger partial charge in [0.2, 0.25) is 0 Å². The topological polar surface area (TPSA) is 12.0 Å². The van der Waals surface area contributed by atoms with Gasteiger partial charge in [0.25, 0.3) is 0 Å². The molecule has 1 aromatic rings. The lowest BCUT2D eigenvalue weighted by Gasteiger charge is -2.30. The van der Waals surface area contributed by atoms with Crippen LogP contribution in [0.2, 0.25) is 10.0 Å². The summed E-state index contributed by atoms with van der Waals surface area (Å²) in [5.41, 5.74) is 2.32. The zero-order chi connectivity index (χ0) is 11.0. The molecule has 0 spiro atoms. The van der Waals surface area contributed by atoms with Crippen molar-refractivity contribution >= 4 is 28.9 Å². The molecule has 0 radical (unpaired) electrons. The van der Waals surface area contributed by atoms with Crippen LogP contribution in [0.15, 0.2) is 12.1 Å². The molecule has 0 amide bonds. The monoisotopic (exact) mass is 243 g/mol. The van der Waals surface area contributed by atoms with E-state index in [9.17, 15) is 0 Å². The number of nitrogens with one attached hydrogen (secondary N) is 1. The third kappa shape index (κ3) is 2.09. The van der Waals surface area contributed by atoms with Crippen LogP contribution in [0.3, 0.4) is 0 Å². The molecule has 1 aromatic carbocycles. The van der Waals surface area contributed by atoms with Gasteiger partial charge in [-0.3, -0.25) is 0 Å². The zero-order valence-corrected chi connectivity index (χ0v) is 10.5. The molecule has 1 nitrogen and oxygen atoms in total. The van der Waals surface area contributed by atoms with E-state index in [2.05, 4.69) is 25.2 Å². The average Bonchev–Trinajstić information content (AvgIpc) is 2.23. The third-order valence-electron chi connectivity index (χ3n) is 3.04. The van der Waals surface area contributed by atoms with Gasteiger partial charge in [0, 0.05) is 6.04 Å². The Balaban J connectivity index is 2.35. The third-order valence-corrected chi connectivity index (χ3v) is 3.84. The van der Waals surface area contributed by atoms with Crippen molar-refractivity contribution in [2.75, 3.05) is 5.32 Å². The Morgan fingerprint density at radius 1 is 1.33 bits per heavy atom. The molecule has 1 N–H and O–H groups in total. The smallest absolute Gasteiger partial charge is 0.0826 e. The van der Waals surface area contributed by atoms with Crippen LogP contribution in [0.4, 0.5) is 5.69 Å². The second kappa shape index (κ2) is 4.23. The van der Waals surface area contributed by atoms with E-state index in [-0.39, 0.29) is 0 Å². The highest BCUT2D eigenvalue weighted by Gasteiger charge is 2.22. The van der Waals surface area contributed by atoms with Gasteiger partial charge >= 0.3 is 0 Å². The van der Waals surface area contributed by atoms with Gasteiger partial charge < -0.3 is 5.32 Å². The van der Waals surface area contributed by atoms with Gasteiger partial charge in [-0.2, -0.15) is 0 Å². The van der Waals surface area contributed by atoms with E-state index in [1.165, 1.54) is 12.0 Å². The lowest BCUT2D eigenvalue weighted by atomic mass is 9.91. The number of hydrogen-bond acceptors (Lipinski definition) is 1. The number of fused-ring (bicyclic) bond motifs is 1. The molecule has 0 saturated carbocycles. The summed E-state index contributed by atoms with van der Waals surface area (Å²) >= 11 is 12.2. The summed E-state index contributed by atoms with van der Waals surface area (Å²) in [6, 6.07) is 4.45. The number of rotatable bonds is 1. The van der Waals surface area contributed by atoms with Crippen LogP contribution in [0.5, 0.6) is 0 Å². The first-order chi connectivity index (χ1) is 7.09. The van der Waals surface area contributed by atoms with E-state index >= 15 is 0 Å². The molecule has 1 aliphatic heterocycles. The Bertz CT molecular complexity index is 374. The van der Waals surface area contributed by atoms with Crippen LogP contribution in [0, 0.1) is 5.92 Å². The fourth-order valence-electron chi connectivity index (χ4n) is 2.02. The molecular formula is C12H15Cl2N. The zero-order valence-electron chi connectivity index (χ0n) is 8.98. The highest BCUT2D eigenvalue weighted by molar-refractivity contribution is 6.43. The molecule has 15 heavy (non-hydrogen) atoms. The van der Waals surface area contributed by atoms with Gasteiger partial charge in [-0.15, -0.1) is 0 Å². The van der Waals surface area contributed by atoms with Crippen LogP contribution < -0.4 is 5.32 Å². The maximum absolute atomic E-state index is 6.19. The molecule has 82 valence electrons. The second-order valence-electron chi connectivity index (χ2n) is 4.43. The van der Waals surface area contributed by atoms with Crippen molar-refractivity contribution in [1.29, 1.82) is 0 Å². The summed E-state index contributed by atoms with van der Waals surface area (Å²) in [5, 5.41) is 4.79. The predicted octanol–water partition coefficient (Wildman–Crippen LogP) is 4.38. The van der Waals surface area contributed by atoms with E-state index in [4.69, 9.17) is 23.2 Å². The first-order valence-corrected chi connectivity index (χ1v) is 6.08. The minimum atomic E-state index is 0.508. The van der Waals surface area contributed by atoms with Crippen molar-refractivity contribution in [2.45, 2.75) is 32.7 Å². The molecule has 0 aromatic heterocycles. The van der Waals surface area contributed by atoms with E-state index in [1.807, 2.05) is 6.07 Å². The number of halogens is 2. The number of benzene rings is 1. The SMILES string of the molecule is CC(C)C1CCc2ccc(Cl)c(Cl)c2N1. The Morgan fingerprint density at radius 3 is 2.73 bits per heavy atom. The molecular weight excluding hydrogens is 229 g/mol. The van der Waals surface area contributed by atoms with Crippen molar-refractivity contribution in [2.24, 2.45) is 5.92 Å². The highest BCUT2D eigenvalue weighted by Crippen LogP contribution is 2.37. The van der Waals surface area contributed by atoms with Crippen LogP contribution in [-0.2, 0) is 6.42 Å². The van der Waals surface area contributed by atoms with Crippen LogP contribution in [-0.4, -0.2) is 6.04 Å². The van der Waals surface area contributed by atoms with Gasteiger partial charge in [0.05, 0.1) is 15.7 Å². The van der Waals surface area contributed by atoms with Crippen molar-refractivity contribution < 1.29 is 0 Å². The van der Waals surface area contributed by atoms with Crippen molar-refractivity contribution in [3.05, 3.63) is 27.7 Å². The summed E-state index contributed by atoms with van der Waals surface area (Å²) in [6.07, 6.45) is 2.25. The normalized spacial score (nSPS) is 19.9. The maximum atomic E-state index is 6.19. The molecule has 1 aliphatic rings. The summed E-state index contributed by atoms with van der Waals surface area (Å²) in [5.74, 6) is 0.619. The summed E-state index contributed by atoms with van der Waals surface area (Å²) in [4.78, 5) is 0. The van der Waals surface area contributed by atoms with E-state index < -0.39 is 0 Å². The minimum Gasteiger partial charge on any atom is -0.381 e. The quantitative estimate of drug-likeness (QED) is 0.773. The highest BCUT2D eigenvalue weighted by atomic mass is 35.5. The lowest BCUT2D eigenvalue weighted by molar-refractivity contribution is 0.483. The number of aryl methyl sites for hydroxylation is 1. The van der Waals surface area contributed by atoms with Crippen molar-refractivity contribution in [3.8, 4) is 0 Å². The van der Waals surface area contributed by atoms with E-state index in [0.29, 0.717) is 22.0 Å². The molecule has 3 heteroatoms. The van der Waals surface area contributed by atoms with Crippen molar-refractivity contribution in [3.63, 3.8) is 0 Å². The molecule has 1 heterocycles. The molecule has 0 aliphatic carbocycles. The number of anilines is 1. The fraction of sp³-hybridized carbons (Fsp3) is 0.500. The van der Waals surface area contributed by atoms with Crippen LogP contribution in [0.1, 0.15) is 25.8 Å². The molecule has 2 rings (SSSR count). The van der Waals surface area contributed by atoms with E-state index in [1.54, 1.807) is 0 Å². The van der Waals surface area contributed by atoms with Crippen LogP contribution >= 0.6 is 23.2 Å². The van der Waals surface area contributed by atoms with Crippen molar-refractivity contribution in [1.82, 2.24) is 0 Å². The maximum Gasteiger partial charge on any atom is 0.0826 e. The van der Waals surface area contributed by atoms with Crippen LogP contribution in [0.25, 0.3) is 0 Å². The lowest BCUT2D eigenvalue weighted by Crippen LogP contribution is -2.30. The largest absolute Gasteiger partial charge is 0.381 e. The Kier molecular flexibility index (Phi) is 3.13. The Hall–Kier alpha value is -0.400.